The molecule has 0 aromatic heterocycles. The molecule has 2 nitrogen and oxygen atoms in total. The molecule has 0 spiro atoms. The first-order chi connectivity index (χ1) is 8.78. The van der Waals surface area contributed by atoms with Crippen molar-refractivity contribution in [1.29, 1.82) is 0 Å². The van der Waals surface area contributed by atoms with Crippen LogP contribution in [-0.2, 0) is 4.74 Å². The van der Waals surface area contributed by atoms with E-state index in [0.29, 0.717) is 0 Å². The smallest absolute Gasteiger partial charge is 0.114 e. The van der Waals surface area contributed by atoms with Crippen LogP contribution in [-0.4, -0.2) is 13.2 Å². The van der Waals surface area contributed by atoms with Gasteiger partial charge in [0.2, 0.25) is 0 Å². The van der Waals surface area contributed by atoms with Gasteiger partial charge in [-0.15, -0.1) is 0 Å². The van der Waals surface area contributed by atoms with Crippen LogP contribution in [0.1, 0.15) is 52.9 Å². The maximum atomic E-state index is 5.74. The minimum atomic E-state index is 0.744. The Morgan fingerprint density at radius 2 is 2.00 bits per heavy atom. The third-order valence-corrected chi connectivity index (χ3v) is 2.82. The van der Waals surface area contributed by atoms with Crippen LogP contribution in [0.2, 0.25) is 0 Å². The third kappa shape index (κ3) is 9.06. The van der Waals surface area contributed by atoms with E-state index >= 15 is 0 Å². The Morgan fingerprint density at radius 3 is 2.56 bits per heavy atom. The number of nitrogens with two attached hydrogens (primary N) is 1. The number of ether oxygens (including phenoxy) is 1. The second-order valence-corrected chi connectivity index (χ2v) is 4.30. The van der Waals surface area contributed by atoms with Crippen molar-refractivity contribution in [2.45, 2.75) is 52.9 Å². The molecule has 0 aromatic rings. The molecule has 0 amide bonds. The Balaban J connectivity index is 4.18. The van der Waals surface area contributed by atoms with E-state index in [2.05, 4.69) is 32.1 Å². The van der Waals surface area contributed by atoms with Crippen molar-refractivity contribution in [1.82, 2.24) is 0 Å². The Morgan fingerprint density at radius 1 is 1.22 bits per heavy atom. The molecule has 0 saturated heterocycles. The highest BCUT2D eigenvalue weighted by atomic mass is 16.5. The predicted molar refractivity (Wildman–Crippen MR) is 80.4 cm³/mol. The zero-order valence-corrected chi connectivity index (χ0v) is 12.2. The number of allylic oxidation sites excluding steroid dienone is 5. The highest BCUT2D eigenvalue weighted by Gasteiger charge is 1.98. The molecule has 0 radical (unpaired) electrons. The third-order valence-electron chi connectivity index (χ3n) is 2.82. The lowest BCUT2D eigenvalue weighted by molar-refractivity contribution is 0.217. The van der Waals surface area contributed by atoms with Crippen molar-refractivity contribution < 1.29 is 4.74 Å². The van der Waals surface area contributed by atoms with Gasteiger partial charge in [-0.3, -0.25) is 0 Å². The maximum Gasteiger partial charge on any atom is 0.114 e. The molecule has 0 aromatic carbocycles. The fraction of sp³-hybridized carbons (Fsp3) is 0.625. The van der Waals surface area contributed by atoms with Crippen LogP contribution < -0.4 is 5.73 Å². The van der Waals surface area contributed by atoms with E-state index in [1.54, 1.807) is 0 Å². The monoisotopic (exact) mass is 251 g/mol. The second-order valence-electron chi connectivity index (χ2n) is 4.30. The van der Waals surface area contributed by atoms with E-state index < -0.39 is 0 Å². The topological polar surface area (TPSA) is 35.2 Å². The molecule has 0 bridgehead atoms. The van der Waals surface area contributed by atoms with E-state index in [1.807, 2.05) is 13.0 Å². The van der Waals surface area contributed by atoms with Crippen LogP contribution in [0.3, 0.4) is 0 Å². The summed E-state index contributed by atoms with van der Waals surface area (Å²) in [5, 5.41) is 0. The lowest BCUT2D eigenvalue weighted by Crippen LogP contribution is -2.01. The lowest BCUT2D eigenvalue weighted by Gasteiger charge is -2.09. The predicted octanol–water partition coefficient (Wildman–Crippen LogP) is 4.34. The van der Waals surface area contributed by atoms with Crippen molar-refractivity contribution in [3.63, 3.8) is 0 Å². The van der Waals surface area contributed by atoms with Crippen LogP contribution in [0.4, 0.5) is 0 Å². The summed E-state index contributed by atoms with van der Waals surface area (Å²) in [6.07, 6.45) is 13.9. The minimum absolute atomic E-state index is 0.744. The normalized spacial score (nSPS) is 13.3. The molecule has 18 heavy (non-hydrogen) atoms. The van der Waals surface area contributed by atoms with Crippen molar-refractivity contribution in [2.75, 3.05) is 13.2 Å². The van der Waals surface area contributed by atoms with Gasteiger partial charge in [-0.1, -0.05) is 24.6 Å². The molecule has 0 saturated carbocycles. The number of hydrogen-bond donors (Lipinski definition) is 1. The molecule has 0 unspecified atom stereocenters. The van der Waals surface area contributed by atoms with Gasteiger partial charge in [0.15, 0.2) is 0 Å². The Kier molecular flexibility index (Phi) is 11.7. The summed E-state index contributed by atoms with van der Waals surface area (Å²) >= 11 is 0. The molecule has 0 atom stereocenters. The molecule has 2 heteroatoms. The van der Waals surface area contributed by atoms with Gasteiger partial charge < -0.3 is 10.5 Å². The largest absolute Gasteiger partial charge is 0.494 e. The van der Waals surface area contributed by atoms with Crippen LogP contribution in [0.15, 0.2) is 35.6 Å². The first kappa shape index (κ1) is 17.0. The quantitative estimate of drug-likeness (QED) is 0.271. The zero-order valence-electron chi connectivity index (χ0n) is 12.2. The van der Waals surface area contributed by atoms with Gasteiger partial charge in [-0.25, -0.2) is 0 Å². The summed E-state index contributed by atoms with van der Waals surface area (Å²) < 4.78 is 5.74. The molecule has 2 N–H and O–H groups in total. The molecule has 0 heterocycles. The van der Waals surface area contributed by atoms with Gasteiger partial charge in [0, 0.05) is 0 Å². The number of hydrogen-bond acceptors (Lipinski definition) is 2. The summed E-state index contributed by atoms with van der Waals surface area (Å²) in [5.41, 5.74) is 6.90. The molecule has 0 aliphatic rings. The fourth-order valence-electron chi connectivity index (χ4n) is 1.63. The molecule has 0 aliphatic carbocycles. The maximum absolute atomic E-state index is 5.74. The van der Waals surface area contributed by atoms with Gasteiger partial charge in [-0.05, 0) is 64.6 Å². The molecular formula is C16H29NO. The first-order valence-electron chi connectivity index (χ1n) is 7.08. The van der Waals surface area contributed by atoms with Crippen LogP contribution >= 0.6 is 0 Å². The van der Waals surface area contributed by atoms with Gasteiger partial charge in [0.1, 0.15) is 5.76 Å². The average Bonchev–Trinajstić information content (AvgIpc) is 2.40. The summed E-state index contributed by atoms with van der Waals surface area (Å²) in [5.74, 6) is 0.990. The van der Waals surface area contributed by atoms with E-state index in [1.165, 1.54) is 5.57 Å². The SMILES string of the molecule is C/C=C\CC/C(=C\C(=C/C)OCCCCN)CC. The summed E-state index contributed by atoms with van der Waals surface area (Å²) in [4.78, 5) is 0. The van der Waals surface area contributed by atoms with Crippen molar-refractivity contribution in [3.05, 3.63) is 35.6 Å². The molecular weight excluding hydrogens is 222 g/mol. The van der Waals surface area contributed by atoms with Gasteiger partial charge in [-0.2, -0.15) is 0 Å². The number of rotatable bonds is 10. The van der Waals surface area contributed by atoms with Gasteiger partial charge in [0.25, 0.3) is 0 Å². The van der Waals surface area contributed by atoms with Crippen LogP contribution in [0.5, 0.6) is 0 Å². The minimum Gasteiger partial charge on any atom is -0.494 e. The fourth-order valence-corrected chi connectivity index (χ4v) is 1.63. The highest BCUT2D eigenvalue weighted by Crippen LogP contribution is 2.14. The van der Waals surface area contributed by atoms with Crippen molar-refractivity contribution in [3.8, 4) is 0 Å². The van der Waals surface area contributed by atoms with E-state index in [9.17, 15) is 0 Å². The zero-order chi connectivity index (χ0) is 13.6. The molecule has 104 valence electrons. The average molecular weight is 251 g/mol. The molecule has 0 aliphatic heterocycles. The van der Waals surface area contributed by atoms with Crippen molar-refractivity contribution >= 4 is 0 Å². The molecule has 0 fully saturated rings. The van der Waals surface area contributed by atoms with Crippen molar-refractivity contribution in [2.24, 2.45) is 5.73 Å². The summed E-state index contributed by atoms with van der Waals surface area (Å²) in [7, 11) is 0. The van der Waals surface area contributed by atoms with E-state index in [4.69, 9.17) is 10.5 Å². The van der Waals surface area contributed by atoms with Crippen LogP contribution in [0, 0.1) is 0 Å². The van der Waals surface area contributed by atoms with Crippen LogP contribution in [0.25, 0.3) is 0 Å². The highest BCUT2D eigenvalue weighted by molar-refractivity contribution is 5.18. The second kappa shape index (κ2) is 12.4. The standard InChI is InChI=1S/C16H29NO/c1-4-7-8-11-15(5-2)14-16(6-3)18-13-10-9-12-17/h4,6-7,14H,5,8-13,17H2,1-3H3/b7-4-,15-14-,16-6+. The van der Waals surface area contributed by atoms with E-state index in [0.717, 1.165) is 51.0 Å². The van der Waals surface area contributed by atoms with Gasteiger partial charge >= 0.3 is 0 Å². The summed E-state index contributed by atoms with van der Waals surface area (Å²) in [6, 6.07) is 0. The lowest BCUT2D eigenvalue weighted by atomic mass is 10.1. The first-order valence-corrected chi connectivity index (χ1v) is 7.08. The summed E-state index contributed by atoms with van der Waals surface area (Å²) in [6.45, 7) is 7.79. The Bertz CT molecular complexity index is 277. The number of unbranched alkanes of at least 4 members (excludes halogenated alkanes) is 1. The van der Waals surface area contributed by atoms with Gasteiger partial charge in [0.05, 0.1) is 6.61 Å². The van der Waals surface area contributed by atoms with E-state index in [-0.39, 0.29) is 0 Å². The Hall–Kier alpha value is -1.02. The Labute approximate surface area is 113 Å². The molecule has 0 rings (SSSR count).